The number of hydrogen-bond donors (Lipinski definition) is 2. The Morgan fingerprint density at radius 1 is 1.22 bits per heavy atom. The lowest BCUT2D eigenvalue weighted by molar-refractivity contribution is -0.116. The largest absolute Gasteiger partial charge is 0.326 e. The van der Waals surface area contributed by atoms with E-state index in [0.717, 1.165) is 0 Å². The highest BCUT2D eigenvalue weighted by Gasteiger charge is 2.14. The second-order valence-electron chi connectivity index (χ2n) is 4.95. The Morgan fingerprint density at radius 2 is 1.87 bits per heavy atom. The number of nitrogens with one attached hydrogen (secondary N) is 1. The highest BCUT2D eigenvalue weighted by molar-refractivity contribution is 7.91. The fraction of sp³-hybridized carbons (Fsp3) is 0.462. The van der Waals surface area contributed by atoms with Crippen LogP contribution in [0.2, 0.25) is 0 Å². The Kier molecular flexibility index (Phi) is 7.00. The summed E-state index contributed by atoms with van der Waals surface area (Å²) in [6, 6.07) is 3.94. The molecular formula is C13H18ClNO6S2. The zero-order chi connectivity index (χ0) is 17.7. The van der Waals surface area contributed by atoms with Gasteiger partial charge in [0, 0.05) is 18.0 Å². The van der Waals surface area contributed by atoms with E-state index in [9.17, 15) is 21.6 Å². The van der Waals surface area contributed by atoms with E-state index in [2.05, 4.69) is 5.32 Å². The van der Waals surface area contributed by atoms with Gasteiger partial charge in [0.25, 0.3) is 10.1 Å². The van der Waals surface area contributed by atoms with Gasteiger partial charge in [-0.2, -0.15) is 8.42 Å². The molecule has 1 aromatic carbocycles. The van der Waals surface area contributed by atoms with Gasteiger partial charge in [0.05, 0.1) is 16.4 Å². The lowest BCUT2D eigenvalue weighted by Gasteiger charge is -2.08. The van der Waals surface area contributed by atoms with Crippen LogP contribution < -0.4 is 5.32 Å². The van der Waals surface area contributed by atoms with Crippen molar-refractivity contribution in [2.45, 2.75) is 24.7 Å². The number of hydrogen-bond acceptors (Lipinski definition) is 5. The first-order chi connectivity index (χ1) is 10.5. The van der Waals surface area contributed by atoms with Gasteiger partial charge < -0.3 is 5.32 Å². The van der Waals surface area contributed by atoms with Gasteiger partial charge in [-0.1, -0.05) is 0 Å². The molecule has 0 aromatic heterocycles. The summed E-state index contributed by atoms with van der Waals surface area (Å²) in [7, 11) is -7.54. The number of alkyl halides is 1. The van der Waals surface area contributed by atoms with Gasteiger partial charge in [0.1, 0.15) is 0 Å². The van der Waals surface area contributed by atoms with Gasteiger partial charge in [0.2, 0.25) is 5.91 Å². The van der Waals surface area contributed by atoms with Crippen LogP contribution in [0.1, 0.15) is 18.4 Å². The quantitative estimate of drug-likeness (QED) is 0.520. The fourth-order valence-corrected chi connectivity index (χ4v) is 4.35. The maximum atomic E-state index is 11.7. The average molecular weight is 384 g/mol. The van der Waals surface area contributed by atoms with Crippen molar-refractivity contribution in [3.05, 3.63) is 23.8 Å². The number of halogens is 1. The molecule has 0 heterocycles. The van der Waals surface area contributed by atoms with E-state index < -0.39 is 20.0 Å². The zero-order valence-corrected chi connectivity index (χ0v) is 14.8. The number of sulfone groups is 1. The van der Waals surface area contributed by atoms with Crippen LogP contribution in [0.5, 0.6) is 0 Å². The van der Waals surface area contributed by atoms with E-state index in [0.29, 0.717) is 5.69 Å². The number of amides is 1. The van der Waals surface area contributed by atoms with Crippen molar-refractivity contribution in [2.24, 2.45) is 0 Å². The lowest BCUT2D eigenvalue weighted by atomic mass is 10.2. The second kappa shape index (κ2) is 8.09. The standard InChI is InChI=1S/C13H18ClNO6S2/c1-10-9-11(4-5-12(10)23(19,20)21)15-13(16)3-2-7-22(17,18)8-6-14/h4-5,9H,2-3,6-8H2,1H3,(H,15,16)(H,19,20,21). The van der Waals surface area contributed by atoms with E-state index in [-0.39, 0.29) is 46.6 Å². The van der Waals surface area contributed by atoms with Gasteiger partial charge in [-0.15, -0.1) is 11.6 Å². The first-order valence-corrected chi connectivity index (χ1v) is 10.5. The molecule has 10 heteroatoms. The number of carbonyl (C=O) groups excluding carboxylic acids is 1. The number of anilines is 1. The van der Waals surface area contributed by atoms with Crippen LogP contribution in [-0.4, -0.2) is 44.7 Å². The molecule has 0 saturated carbocycles. The third-order valence-corrected chi connectivity index (χ3v) is 6.15. The maximum absolute atomic E-state index is 11.7. The smallest absolute Gasteiger partial charge is 0.294 e. The summed E-state index contributed by atoms with van der Waals surface area (Å²) in [5.41, 5.74) is 0.651. The average Bonchev–Trinajstić information content (AvgIpc) is 2.36. The van der Waals surface area contributed by atoms with E-state index >= 15 is 0 Å². The van der Waals surface area contributed by atoms with Crippen LogP contribution in [0.4, 0.5) is 5.69 Å². The van der Waals surface area contributed by atoms with Crippen LogP contribution in [0.25, 0.3) is 0 Å². The molecule has 0 atom stereocenters. The molecule has 0 radical (unpaired) electrons. The summed E-state index contributed by atoms with van der Waals surface area (Å²) >= 11 is 5.38. The molecule has 1 amide bonds. The molecule has 0 spiro atoms. The molecule has 130 valence electrons. The number of aryl methyl sites for hydroxylation is 1. The Hall–Kier alpha value is -1.16. The first-order valence-electron chi connectivity index (χ1n) is 6.69. The molecule has 0 aliphatic rings. The van der Waals surface area contributed by atoms with Gasteiger partial charge in [-0.25, -0.2) is 8.42 Å². The molecule has 0 bridgehead atoms. The molecule has 7 nitrogen and oxygen atoms in total. The maximum Gasteiger partial charge on any atom is 0.294 e. The van der Waals surface area contributed by atoms with E-state index in [1.54, 1.807) is 0 Å². The third kappa shape index (κ3) is 6.86. The predicted molar refractivity (Wildman–Crippen MR) is 88.2 cm³/mol. The molecule has 23 heavy (non-hydrogen) atoms. The first kappa shape index (κ1) is 19.9. The second-order valence-corrected chi connectivity index (χ2v) is 9.02. The SMILES string of the molecule is Cc1cc(NC(=O)CCCS(=O)(=O)CCCl)ccc1S(=O)(=O)O. The minimum atomic E-state index is -4.30. The minimum absolute atomic E-state index is 0.0145. The van der Waals surface area contributed by atoms with E-state index in [4.69, 9.17) is 16.2 Å². The van der Waals surface area contributed by atoms with Crippen molar-refractivity contribution in [2.75, 3.05) is 22.7 Å². The van der Waals surface area contributed by atoms with Crippen molar-refractivity contribution in [1.82, 2.24) is 0 Å². The van der Waals surface area contributed by atoms with Crippen LogP contribution in [0.3, 0.4) is 0 Å². The number of benzene rings is 1. The predicted octanol–water partition coefficient (Wildman–Crippen LogP) is 1.61. The van der Waals surface area contributed by atoms with Crippen LogP contribution in [-0.2, 0) is 24.7 Å². The molecule has 0 aliphatic heterocycles. The third-order valence-electron chi connectivity index (χ3n) is 2.98. The molecule has 0 unspecified atom stereocenters. The number of carbonyl (C=O) groups is 1. The van der Waals surface area contributed by atoms with Crippen LogP contribution in [0, 0.1) is 6.92 Å². The summed E-state index contributed by atoms with van der Waals surface area (Å²) in [6.45, 7) is 1.48. The molecule has 1 aromatic rings. The highest BCUT2D eigenvalue weighted by atomic mass is 35.5. The van der Waals surface area contributed by atoms with Gasteiger partial charge >= 0.3 is 0 Å². The van der Waals surface area contributed by atoms with Crippen molar-refractivity contribution in [1.29, 1.82) is 0 Å². The van der Waals surface area contributed by atoms with Crippen molar-refractivity contribution in [3.63, 3.8) is 0 Å². The highest BCUT2D eigenvalue weighted by Crippen LogP contribution is 2.19. The summed E-state index contributed by atoms with van der Waals surface area (Å²) in [5, 5.41) is 2.54. The van der Waals surface area contributed by atoms with E-state index in [1.165, 1.54) is 25.1 Å². The Bertz CT molecular complexity index is 774. The Balaban J connectivity index is 2.60. The molecule has 0 fully saturated rings. The number of rotatable bonds is 8. The monoisotopic (exact) mass is 383 g/mol. The topological polar surface area (TPSA) is 118 Å². The Labute approximate surface area is 140 Å². The lowest BCUT2D eigenvalue weighted by Crippen LogP contribution is -2.16. The van der Waals surface area contributed by atoms with Gasteiger partial charge in [-0.3, -0.25) is 9.35 Å². The normalized spacial score (nSPS) is 12.1. The van der Waals surface area contributed by atoms with Crippen molar-refractivity contribution < 1.29 is 26.2 Å². The van der Waals surface area contributed by atoms with Crippen LogP contribution in [0.15, 0.2) is 23.1 Å². The van der Waals surface area contributed by atoms with Crippen molar-refractivity contribution >= 4 is 43.2 Å². The molecule has 2 N–H and O–H groups in total. The van der Waals surface area contributed by atoms with Gasteiger partial charge in [0.15, 0.2) is 9.84 Å². The summed E-state index contributed by atoms with van der Waals surface area (Å²) in [6.07, 6.45) is 0.188. The molecular weight excluding hydrogens is 366 g/mol. The summed E-state index contributed by atoms with van der Waals surface area (Å²) < 4.78 is 54.1. The van der Waals surface area contributed by atoms with Crippen LogP contribution >= 0.6 is 11.6 Å². The fourth-order valence-electron chi connectivity index (χ4n) is 1.91. The Morgan fingerprint density at radius 3 is 2.39 bits per heavy atom. The summed E-state index contributed by atoms with van der Waals surface area (Å²) in [4.78, 5) is 11.5. The minimum Gasteiger partial charge on any atom is -0.326 e. The van der Waals surface area contributed by atoms with Gasteiger partial charge in [-0.05, 0) is 37.1 Å². The molecule has 0 aliphatic carbocycles. The summed E-state index contributed by atoms with van der Waals surface area (Å²) in [5.74, 6) is -0.598. The molecule has 1 rings (SSSR count). The zero-order valence-electron chi connectivity index (χ0n) is 12.5. The van der Waals surface area contributed by atoms with Crippen molar-refractivity contribution in [3.8, 4) is 0 Å². The van der Waals surface area contributed by atoms with E-state index in [1.807, 2.05) is 0 Å². The molecule has 0 saturated heterocycles.